The molecule has 440 valence electrons. The number of hydrogen-bond donors (Lipinski definition) is 17. The first-order valence-corrected chi connectivity index (χ1v) is 26.9. The lowest BCUT2D eigenvalue weighted by molar-refractivity contribution is -0.132. The first kappa shape index (κ1) is 64.4. The SMILES string of the molecule is CC(=O)NC(CCCCNC(=O)C(CCCCNC(=O)C(CCCCNC(=O)C(N)Cc1c[nH]cn1)NC(=O)C(N)Cc1c[nH]cn1)NC(=O)[C@H](CCCCNC(=O)C(N)Cc1c[nH]cn1)NC(=O)C(N)Cc1c[nH]cn1)C(N)=O. The highest BCUT2D eigenvalue weighted by atomic mass is 16.2. The molecule has 80 heavy (non-hydrogen) atoms. The number of aromatic amines is 4. The Kier molecular flexibility index (Phi) is 28.5. The third-order valence-corrected chi connectivity index (χ3v) is 12.8. The first-order chi connectivity index (χ1) is 38.4. The van der Waals surface area contributed by atoms with E-state index in [1.807, 2.05) is 0 Å². The first-order valence-electron chi connectivity index (χ1n) is 26.9. The summed E-state index contributed by atoms with van der Waals surface area (Å²) in [4.78, 5) is 145. The van der Waals surface area contributed by atoms with E-state index in [-0.39, 0.29) is 89.4 Å². The summed E-state index contributed by atoms with van der Waals surface area (Å²) >= 11 is 0. The van der Waals surface area contributed by atoms with Gasteiger partial charge in [-0.1, -0.05) is 0 Å². The number of nitrogens with one attached hydrogen (secondary N) is 12. The van der Waals surface area contributed by atoms with Crippen LogP contribution in [0.3, 0.4) is 0 Å². The quantitative estimate of drug-likeness (QED) is 0.0188. The maximum atomic E-state index is 14.2. The number of hydrogen-bond acceptors (Lipinski definition) is 17. The lowest BCUT2D eigenvalue weighted by Crippen LogP contribution is -2.56. The van der Waals surface area contributed by atoms with Crippen molar-refractivity contribution in [3.05, 3.63) is 72.9 Å². The largest absolute Gasteiger partial charge is 0.368 e. The number of unbranched alkanes of at least 4 members (excludes halogenated alkanes) is 4. The van der Waals surface area contributed by atoms with Crippen LogP contribution in [0.5, 0.6) is 0 Å². The third-order valence-electron chi connectivity index (χ3n) is 12.8. The van der Waals surface area contributed by atoms with E-state index in [1.165, 1.54) is 32.2 Å². The normalized spacial score (nSPS) is 14.2. The Balaban J connectivity index is 1.39. The van der Waals surface area contributed by atoms with Gasteiger partial charge >= 0.3 is 0 Å². The maximum Gasteiger partial charge on any atom is 0.243 e. The van der Waals surface area contributed by atoms with Crippen molar-refractivity contribution >= 4 is 53.2 Å². The van der Waals surface area contributed by atoms with Crippen LogP contribution in [0, 0.1) is 0 Å². The second-order valence-electron chi connectivity index (χ2n) is 19.5. The summed E-state index contributed by atoms with van der Waals surface area (Å²) in [5, 5.41) is 22.0. The molecule has 4 aromatic rings. The summed E-state index contributed by atoms with van der Waals surface area (Å²) in [7, 11) is 0. The van der Waals surface area contributed by atoms with Gasteiger partial charge in [0, 0.05) is 83.6 Å². The van der Waals surface area contributed by atoms with Gasteiger partial charge < -0.3 is 91.1 Å². The number of rotatable bonds is 40. The molecule has 0 aliphatic heterocycles. The molecule has 0 spiro atoms. The molecular weight excluding hydrogens is 1040 g/mol. The number of aromatic nitrogens is 8. The number of H-pyrrole nitrogens is 4. The van der Waals surface area contributed by atoms with Crippen molar-refractivity contribution in [1.29, 1.82) is 0 Å². The predicted octanol–water partition coefficient (Wildman–Crippen LogP) is -4.25. The number of imidazole rings is 4. The second-order valence-corrected chi connectivity index (χ2v) is 19.5. The monoisotopic (exact) mass is 1120 g/mol. The van der Waals surface area contributed by atoms with Gasteiger partial charge in [-0.2, -0.15) is 0 Å². The van der Waals surface area contributed by atoms with Crippen molar-refractivity contribution in [2.75, 3.05) is 26.2 Å². The molecule has 0 aliphatic rings. The maximum absolute atomic E-state index is 14.2. The van der Waals surface area contributed by atoms with Gasteiger partial charge in [-0.25, -0.2) is 19.9 Å². The van der Waals surface area contributed by atoms with Gasteiger partial charge in [-0.05, 0) is 77.0 Å². The van der Waals surface area contributed by atoms with E-state index in [4.69, 9.17) is 28.7 Å². The van der Waals surface area contributed by atoms with Crippen molar-refractivity contribution < 1.29 is 43.2 Å². The van der Waals surface area contributed by atoms with Crippen LogP contribution in [0.4, 0.5) is 0 Å². The molecule has 4 heterocycles. The number of nitrogens with zero attached hydrogens (tertiary/aromatic N) is 4. The smallest absolute Gasteiger partial charge is 0.243 e. The van der Waals surface area contributed by atoms with E-state index in [9.17, 15) is 43.2 Å². The number of carbonyl (C=O) groups is 9. The van der Waals surface area contributed by atoms with Gasteiger partial charge in [0.1, 0.15) is 24.2 Å². The zero-order valence-corrected chi connectivity index (χ0v) is 45.2. The van der Waals surface area contributed by atoms with Gasteiger partial charge in [-0.3, -0.25) is 43.2 Å². The zero-order chi connectivity index (χ0) is 58.2. The highest BCUT2D eigenvalue weighted by molar-refractivity contribution is 5.93. The van der Waals surface area contributed by atoms with E-state index in [2.05, 4.69) is 82.4 Å². The van der Waals surface area contributed by atoms with E-state index < -0.39 is 89.7 Å². The Morgan fingerprint density at radius 1 is 0.388 bits per heavy atom. The molecule has 0 saturated carbocycles. The molecule has 30 heteroatoms. The number of primary amides is 1. The molecule has 7 unspecified atom stereocenters. The van der Waals surface area contributed by atoms with E-state index in [0.29, 0.717) is 74.1 Å². The topological polar surface area (TPSA) is 495 Å². The number of carbonyl (C=O) groups excluding carboxylic acids is 9. The van der Waals surface area contributed by atoms with Crippen LogP contribution < -0.4 is 71.2 Å². The summed E-state index contributed by atoms with van der Waals surface area (Å²) in [5.74, 6) is -4.79. The molecule has 4 rings (SSSR count). The minimum atomic E-state index is -1.17. The van der Waals surface area contributed by atoms with Gasteiger partial charge in [0.05, 0.1) is 72.3 Å². The van der Waals surface area contributed by atoms with Crippen molar-refractivity contribution in [3.63, 3.8) is 0 Å². The Hall–Kier alpha value is -8.09. The highest BCUT2D eigenvalue weighted by Crippen LogP contribution is 2.10. The van der Waals surface area contributed by atoms with Crippen LogP contribution in [0.25, 0.3) is 0 Å². The molecule has 22 N–H and O–H groups in total. The minimum absolute atomic E-state index is 0.0663. The Morgan fingerprint density at radius 3 is 0.950 bits per heavy atom. The number of amides is 9. The standard InChI is InChI=1S/C50H81N21O9/c1-30(72)68-39(43(55)73)10-2-6-16-63-49(79)41(71-50(80)42(70-47(77)38(54)21-34-25-59-29-67-34)13-5-8-15-61-45(75)36(52)19-32-23-57-27-65-32)12-4-9-17-62-48(78)40(69-46(76)37(53)20-33-24-58-28-66-33)11-3-7-14-60-44(74)35(51)18-31-22-56-26-64-31/h22-29,35-42H,2-21,51-54H2,1H3,(H2,55,73)(H,56,64)(H,57,65)(H,58,66)(H,59,67)(H,60,74)(H,61,75)(H,62,78)(H,63,79)(H,68,72)(H,69,76)(H,70,77)(H,71,80)/t35?,36?,37?,38?,39?,40?,41?,42-/m0/s1. The van der Waals surface area contributed by atoms with Crippen molar-refractivity contribution in [3.8, 4) is 0 Å². The van der Waals surface area contributed by atoms with Gasteiger partial charge in [0.25, 0.3) is 0 Å². The summed E-state index contributed by atoms with van der Waals surface area (Å²) in [5.41, 5.74) is 32.4. The fourth-order valence-electron chi connectivity index (χ4n) is 8.30. The predicted molar refractivity (Wildman–Crippen MR) is 291 cm³/mol. The molecule has 0 radical (unpaired) electrons. The average molecular weight is 1120 g/mol. The molecule has 30 nitrogen and oxygen atoms in total. The Morgan fingerprint density at radius 2 is 0.662 bits per heavy atom. The lowest BCUT2D eigenvalue weighted by Gasteiger charge is -2.24. The van der Waals surface area contributed by atoms with Gasteiger partial charge in [0.2, 0.25) is 53.2 Å². The summed E-state index contributed by atoms with van der Waals surface area (Å²) in [6.45, 7) is 2.00. The molecule has 9 amide bonds. The van der Waals surface area contributed by atoms with Crippen LogP contribution >= 0.6 is 0 Å². The molecule has 4 aromatic heterocycles. The number of nitrogens with two attached hydrogens (primary N) is 5. The van der Waals surface area contributed by atoms with Crippen LogP contribution in [0.15, 0.2) is 50.1 Å². The lowest BCUT2D eigenvalue weighted by atomic mass is 10.0. The van der Waals surface area contributed by atoms with Crippen molar-refractivity contribution in [2.24, 2.45) is 28.7 Å². The Bertz CT molecular complexity index is 2490. The molecular formula is C50H81N21O9. The third kappa shape index (κ3) is 24.7. The summed E-state index contributed by atoms with van der Waals surface area (Å²) in [6, 6.07) is -7.95. The van der Waals surface area contributed by atoms with Crippen LogP contribution in [0.2, 0.25) is 0 Å². The van der Waals surface area contributed by atoms with Gasteiger partial charge in [-0.15, -0.1) is 0 Å². The van der Waals surface area contributed by atoms with E-state index >= 15 is 0 Å². The fourth-order valence-corrected chi connectivity index (χ4v) is 8.30. The Labute approximate surface area is 463 Å². The minimum Gasteiger partial charge on any atom is -0.368 e. The van der Waals surface area contributed by atoms with E-state index in [1.54, 1.807) is 24.8 Å². The average Bonchev–Trinajstić information content (AvgIpc) is 4.30. The second kappa shape index (κ2) is 35.4. The zero-order valence-electron chi connectivity index (χ0n) is 45.2. The molecule has 0 bridgehead atoms. The molecule has 0 saturated heterocycles. The molecule has 0 aliphatic carbocycles. The van der Waals surface area contributed by atoms with Gasteiger partial charge in [0.15, 0.2) is 0 Å². The molecule has 0 fully saturated rings. The van der Waals surface area contributed by atoms with Crippen LogP contribution in [-0.4, -0.2) is 168 Å². The highest BCUT2D eigenvalue weighted by Gasteiger charge is 2.29. The molecule has 8 atom stereocenters. The van der Waals surface area contributed by atoms with Crippen LogP contribution in [0.1, 0.15) is 107 Å². The van der Waals surface area contributed by atoms with E-state index in [0.717, 1.165) is 0 Å². The summed E-state index contributed by atoms with van der Waals surface area (Å²) in [6.07, 6.45) is 16.7. The van der Waals surface area contributed by atoms with Crippen molar-refractivity contribution in [2.45, 2.75) is 158 Å². The summed E-state index contributed by atoms with van der Waals surface area (Å²) < 4.78 is 0. The molecule has 0 aromatic carbocycles. The van der Waals surface area contributed by atoms with Crippen molar-refractivity contribution in [1.82, 2.24) is 82.4 Å². The fraction of sp³-hybridized carbons (Fsp3) is 0.580. The van der Waals surface area contributed by atoms with Crippen LogP contribution in [-0.2, 0) is 68.8 Å².